The van der Waals surface area contributed by atoms with Gasteiger partial charge < -0.3 is 23.5 Å². The van der Waals surface area contributed by atoms with Gasteiger partial charge >= 0.3 is 6.01 Å². The van der Waals surface area contributed by atoms with E-state index in [-0.39, 0.29) is 41.9 Å². The largest absolute Gasteiger partial charge is 0.480 e. The maximum Gasteiger partial charge on any atom is 0.319 e. The van der Waals surface area contributed by atoms with Gasteiger partial charge in [-0.1, -0.05) is 11.6 Å². The zero-order valence-electron chi connectivity index (χ0n) is 20.7. The molecular formula is C25H21ClFN5O5S. The van der Waals surface area contributed by atoms with Crippen molar-refractivity contribution in [1.29, 1.82) is 0 Å². The van der Waals surface area contributed by atoms with E-state index >= 15 is 4.39 Å². The number of ether oxygens (including phenoxy) is 4. The minimum Gasteiger partial charge on any atom is -0.480 e. The topological polar surface area (TPSA) is 101 Å². The standard InChI is InChI=1S/C25H21ClFN5O5S/c1-11(2)31-21-19(29-22(31)12-9-28-25(35-4)30-23(12)34-3)24(33)32(20(21)17-5-6-18(26)38-17)14-8-16-15(7-13(14)27)36-10-37-16/h5-9,11,20H,10H2,1-4H3/t20-/m0/s1. The highest BCUT2D eigenvalue weighted by atomic mass is 35.5. The first kappa shape index (κ1) is 24.4. The summed E-state index contributed by atoms with van der Waals surface area (Å²) in [5.74, 6) is 0.225. The van der Waals surface area contributed by atoms with Gasteiger partial charge in [0.05, 0.1) is 35.5 Å². The van der Waals surface area contributed by atoms with Crippen LogP contribution in [0.5, 0.6) is 23.4 Å². The molecule has 0 spiro atoms. The van der Waals surface area contributed by atoms with E-state index < -0.39 is 17.8 Å². The van der Waals surface area contributed by atoms with Crippen molar-refractivity contribution < 1.29 is 28.1 Å². The fraction of sp³-hybridized carbons (Fsp3) is 0.280. The minimum absolute atomic E-state index is 0.0224. The van der Waals surface area contributed by atoms with Crippen molar-refractivity contribution in [3.8, 4) is 34.8 Å². The second kappa shape index (κ2) is 9.14. The van der Waals surface area contributed by atoms with E-state index in [1.165, 1.54) is 48.8 Å². The normalized spacial score (nSPS) is 15.9. The summed E-state index contributed by atoms with van der Waals surface area (Å²) >= 11 is 7.62. The molecule has 0 fully saturated rings. The summed E-state index contributed by atoms with van der Waals surface area (Å²) in [4.78, 5) is 29.4. The van der Waals surface area contributed by atoms with Crippen molar-refractivity contribution in [2.75, 3.05) is 25.9 Å². The summed E-state index contributed by atoms with van der Waals surface area (Å²) in [7, 11) is 2.94. The molecule has 0 saturated carbocycles. The predicted octanol–water partition coefficient (Wildman–Crippen LogP) is 5.27. The smallest absolute Gasteiger partial charge is 0.319 e. The molecule has 1 aromatic carbocycles. The summed E-state index contributed by atoms with van der Waals surface area (Å²) in [6.07, 6.45) is 1.54. The second-order valence-corrected chi connectivity index (χ2v) is 10.5. The van der Waals surface area contributed by atoms with Crippen LogP contribution in [0, 0.1) is 5.82 Å². The number of imidazole rings is 1. The highest BCUT2D eigenvalue weighted by Crippen LogP contribution is 2.49. The molecule has 0 N–H and O–H groups in total. The van der Waals surface area contributed by atoms with Gasteiger partial charge in [-0.25, -0.2) is 14.4 Å². The molecule has 0 saturated heterocycles. The van der Waals surface area contributed by atoms with Crippen molar-refractivity contribution in [1.82, 2.24) is 19.5 Å². The lowest BCUT2D eigenvalue weighted by molar-refractivity contribution is 0.0989. The zero-order chi connectivity index (χ0) is 26.7. The molecule has 13 heteroatoms. The molecule has 1 amide bonds. The summed E-state index contributed by atoms with van der Waals surface area (Å²) in [6, 6.07) is 5.54. The Morgan fingerprint density at radius 3 is 2.58 bits per heavy atom. The van der Waals surface area contributed by atoms with Gasteiger partial charge in [-0.05, 0) is 26.0 Å². The number of rotatable bonds is 6. The molecule has 6 rings (SSSR count). The van der Waals surface area contributed by atoms with Crippen LogP contribution in [0.25, 0.3) is 11.4 Å². The van der Waals surface area contributed by atoms with Crippen LogP contribution in [-0.4, -0.2) is 46.4 Å². The molecule has 5 heterocycles. The lowest BCUT2D eigenvalue weighted by atomic mass is 10.1. The van der Waals surface area contributed by atoms with Gasteiger partial charge in [0.2, 0.25) is 12.7 Å². The van der Waals surface area contributed by atoms with Crippen LogP contribution in [0.2, 0.25) is 4.34 Å². The predicted molar refractivity (Wildman–Crippen MR) is 137 cm³/mol. The number of amides is 1. The van der Waals surface area contributed by atoms with Crippen molar-refractivity contribution >= 4 is 34.5 Å². The zero-order valence-corrected chi connectivity index (χ0v) is 22.3. The van der Waals surface area contributed by atoms with Gasteiger partial charge in [-0.3, -0.25) is 9.69 Å². The van der Waals surface area contributed by atoms with Crippen molar-refractivity contribution in [2.24, 2.45) is 0 Å². The Balaban J connectivity index is 1.59. The van der Waals surface area contributed by atoms with E-state index in [1.807, 2.05) is 24.5 Å². The molecule has 0 unspecified atom stereocenters. The van der Waals surface area contributed by atoms with Crippen LogP contribution in [0.1, 0.15) is 47.0 Å². The molecule has 2 aliphatic rings. The number of anilines is 1. The summed E-state index contributed by atoms with van der Waals surface area (Å²) in [5, 5.41) is 0. The molecular weight excluding hydrogens is 537 g/mol. The average molecular weight is 558 g/mol. The Kier molecular flexibility index (Phi) is 5.88. The van der Waals surface area contributed by atoms with Crippen molar-refractivity contribution in [2.45, 2.75) is 25.9 Å². The Bertz CT molecular complexity index is 1590. The van der Waals surface area contributed by atoms with Gasteiger partial charge in [0.15, 0.2) is 23.0 Å². The maximum absolute atomic E-state index is 15.4. The number of hydrogen-bond acceptors (Lipinski definition) is 9. The Labute approximate surface area is 225 Å². The third-order valence-corrected chi connectivity index (χ3v) is 7.60. The van der Waals surface area contributed by atoms with Crippen LogP contribution < -0.4 is 23.8 Å². The van der Waals surface area contributed by atoms with Gasteiger partial charge in [-0.2, -0.15) is 4.98 Å². The number of fused-ring (bicyclic) bond motifs is 2. The third-order valence-electron chi connectivity index (χ3n) is 6.32. The SMILES string of the molecule is COc1ncc(-c2nc3c(n2C(C)C)[C@H](c2ccc(Cl)s2)N(c2cc4c(cc2F)OCO4)C3=O)c(OC)n1. The molecule has 4 aromatic rings. The lowest BCUT2D eigenvalue weighted by Crippen LogP contribution is -2.30. The van der Waals surface area contributed by atoms with E-state index in [0.29, 0.717) is 27.2 Å². The summed E-state index contributed by atoms with van der Waals surface area (Å²) in [6.45, 7) is 3.91. The number of halogens is 2. The Morgan fingerprint density at radius 1 is 1.16 bits per heavy atom. The highest BCUT2D eigenvalue weighted by Gasteiger charge is 2.47. The van der Waals surface area contributed by atoms with Crippen LogP contribution >= 0.6 is 22.9 Å². The Hall–Kier alpha value is -3.90. The number of benzene rings is 1. The fourth-order valence-corrected chi connectivity index (χ4v) is 5.92. The number of carbonyl (C=O) groups is 1. The first-order valence-electron chi connectivity index (χ1n) is 11.6. The number of aromatic nitrogens is 4. The first-order valence-corrected chi connectivity index (χ1v) is 12.8. The third kappa shape index (κ3) is 3.66. The van der Waals surface area contributed by atoms with Crippen LogP contribution in [-0.2, 0) is 0 Å². The Morgan fingerprint density at radius 2 is 1.92 bits per heavy atom. The van der Waals surface area contributed by atoms with Gasteiger partial charge in [0.25, 0.3) is 5.91 Å². The minimum atomic E-state index is -0.710. The molecule has 0 radical (unpaired) electrons. The van der Waals surface area contributed by atoms with E-state index in [1.54, 1.807) is 6.07 Å². The number of hydrogen-bond donors (Lipinski definition) is 0. The van der Waals surface area contributed by atoms with Crippen LogP contribution in [0.3, 0.4) is 0 Å². The maximum atomic E-state index is 15.4. The molecule has 38 heavy (non-hydrogen) atoms. The lowest BCUT2D eigenvalue weighted by Gasteiger charge is -2.27. The molecule has 10 nitrogen and oxygen atoms in total. The van der Waals surface area contributed by atoms with E-state index in [0.717, 1.165) is 4.88 Å². The number of methoxy groups -OCH3 is 2. The van der Waals surface area contributed by atoms with E-state index in [9.17, 15) is 4.79 Å². The van der Waals surface area contributed by atoms with Crippen molar-refractivity contribution in [3.05, 3.63) is 56.9 Å². The number of nitrogens with zero attached hydrogens (tertiary/aromatic N) is 5. The summed E-state index contributed by atoms with van der Waals surface area (Å²) < 4.78 is 39.3. The molecule has 0 aliphatic carbocycles. The number of thiophene rings is 1. The van der Waals surface area contributed by atoms with Gasteiger partial charge in [0, 0.05) is 29.2 Å². The van der Waals surface area contributed by atoms with Gasteiger partial charge in [0.1, 0.15) is 11.9 Å². The molecule has 2 aliphatic heterocycles. The average Bonchev–Trinajstić information content (AvgIpc) is 3.67. The monoisotopic (exact) mass is 557 g/mol. The second-order valence-electron chi connectivity index (χ2n) is 8.79. The van der Waals surface area contributed by atoms with E-state index in [4.69, 9.17) is 35.5 Å². The molecule has 3 aromatic heterocycles. The quantitative estimate of drug-likeness (QED) is 0.316. The first-order chi connectivity index (χ1) is 18.3. The molecule has 1 atom stereocenters. The summed E-state index contributed by atoms with van der Waals surface area (Å²) in [5.41, 5.74) is 1.30. The van der Waals surface area contributed by atoms with Crippen LogP contribution in [0.4, 0.5) is 10.1 Å². The van der Waals surface area contributed by atoms with Crippen LogP contribution in [0.15, 0.2) is 30.5 Å². The van der Waals surface area contributed by atoms with Gasteiger partial charge in [-0.15, -0.1) is 11.3 Å². The molecule has 0 bridgehead atoms. The fourth-order valence-electron chi connectivity index (χ4n) is 4.77. The highest BCUT2D eigenvalue weighted by molar-refractivity contribution is 7.16. The molecule has 196 valence electrons. The van der Waals surface area contributed by atoms with Crippen molar-refractivity contribution in [3.63, 3.8) is 0 Å². The van der Waals surface area contributed by atoms with E-state index in [2.05, 4.69) is 9.97 Å². The number of carbonyl (C=O) groups excluding carboxylic acids is 1.